The molecule has 3 aliphatic carbocycles. The zero-order valence-corrected chi connectivity index (χ0v) is 40.5. The molecule has 0 N–H and O–H groups in total. The fourth-order valence-corrected chi connectivity index (χ4v) is 14.3. The van der Waals surface area contributed by atoms with Gasteiger partial charge in [0, 0.05) is 54.9 Å². The lowest BCUT2D eigenvalue weighted by molar-refractivity contribution is 0.655. The van der Waals surface area contributed by atoms with Gasteiger partial charge in [-0.2, -0.15) is 0 Å². The van der Waals surface area contributed by atoms with Gasteiger partial charge < -0.3 is 14.0 Å². The maximum Gasteiger partial charge on any atom is 0.0541 e. The lowest BCUT2D eigenvalue weighted by Crippen LogP contribution is -2.33. The van der Waals surface area contributed by atoms with Crippen molar-refractivity contribution in [2.45, 2.75) is 50.9 Å². The third-order valence-electron chi connectivity index (χ3n) is 17.6. The van der Waals surface area contributed by atoms with Crippen LogP contribution in [0.2, 0.25) is 0 Å². The van der Waals surface area contributed by atoms with Crippen LogP contribution in [-0.4, -0.2) is 9.13 Å². The van der Waals surface area contributed by atoms with Crippen LogP contribution < -0.4 is 4.90 Å². The molecule has 3 heterocycles. The molecule has 336 valence electrons. The molecular weight excluding hydrogens is 859 g/mol. The first kappa shape index (κ1) is 39.4. The summed E-state index contributed by atoms with van der Waals surface area (Å²) < 4.78 is 4.98. The van der Waals surface area contributed by atoms with Gasteiger partial charge in [0.2, 0.25) is 0 Å². The standard InChI is InChI=1S/C68H49N3/c1-66(2)53-26-14-9-21-43(53)50-38-58-63(39-56(50)66)69(40-19-7-6-8-20-40)64-35-42(71-61-29-17-12-24-47(61)48-25-13-18-30-62(48)71)33-52-51-36-55-49(37-57(51)68(58,5)65(52)64)44-32-31-41(34-54(44)67(55,3)4)70-59-27-15-10-22-45(59)46-23-11-16-28-60(46)70/h6-39H,1-5H3. The zero-order chi connectivity index (χ0) is 47.3. The van der Waals surface area contributed by atoms with Crippen LogP contribution in [-0.2, 0) is 16.2 Å². The maximum atomic E-state index is 2.62. The van der Waals surface area contributed by atoms with E-state index in [0.717, 1.165) is 0 Å². The van der Waals surface area contributed by atoms with Gasteiger partial charge in [-0.15, -0.1) is 0 Å². The average molecular weight is 908 g/mol. The van der Waals surface area contributed by atoms with Gasteiger partial charge in [-0.05, 0) is 164 Å². The van der Waals surface area contributed by atoms with Crippen LogP contribution in [0.4, 0.5) is 17.1 Å². The highest BCUT2D eigenvalue weighted by molar-refractivity contribution is 6.11. The molecule has 4 aliphatic rings. The number of benzene rings is 10. The molecule has 0 amide bonds. The summed E-state index contributed by atoms with van der Waals surface area (Å²) in [5.41, 5.74) is 27.7. The van der Waals surface area contributed by atoms with Crippen molar-refractivity contribution in [3.63, 3.8) is 0 Å². The van der Waals surface area contributed by atoms with E-state index >= 15 is 0 Å². The minimum atomic E-state index is -0.471. The van der Waals surface area contributed by atoms with Crippen molar-refractivity contribution in [1.82, 2.24) is 9.13 Å². The zero-order valence-electron chi connectivity index (χ0n) is 40.5. The van der Waals surface area contributed by atoms with E-state index in [9.17, 15) is 0 Å². The third kappa shape index (κ3) is 4.80. The quantitative estimate of drug-likeness (QED) is 0.172. The lowest BCUT2D eigenvalue weighted by Gasteiger charge is -2.43. The molecule has 0 saturated heterocycles. The molecular formula is C68H49N3. The molecule has 0 saturated carbocycles. The molecule has 71 heavy (non-hydrogen) atoms. The molecule has 3 heteroatoms. The Kier molecular flexibility index (Phi) is 7.37. The number of hydrogen-bond acceptors (Lipinski definition) is 1. The number of anilines is 3. The number of hydrogen-bond donors (Lipinski definition) is 0. The van der Waals surface area contributed by atoms with Gasteiger partial charge in [0.1, 0.15) is 0 Å². The van der Waals surface area contributed by atoms with Crippen LogP contribution in [0.5, 0.6) is 0 Å². The number of nitrogens with zero attached hydrogens (tertiary/aromatic N) is 3. The van der Waals surface area contributed by atoms with Crippen LogP contribution in [0.1, 0.15) is 73.6 Å². The highest BCUT2D eigenvalue weighted by atomic mass is 15.2. The Morgan fingerprint density at radius 3 is 1.38 bits per heavy atom. The normalized spacial score (nSPS) is 17.1. The average Bonchev–Trinajstić information content (AvgIpc) is 4.12. The molecule has 1 aliphatic heterocycles. The third-order valence-corrected chi connectivity index (χ3v) is 17.6. The molecule has 16 rings (SSSR count). The van der Waals surface area contributed by atoms with Crippen molar-refractivity contribution in [3.05, 3.63) is 245 Å². The molecule has 0 bridgehead atoms. The van der Waals surface area contributed by atoms with E-state index in [1.54, 1.807) is 0 Å². The second-order valence-electron chi connectivity index (χ2n) is 21.8. The number of para-hydroxylation sites is 5. The maximum absolute atomic E-state index is 2.62. The summed E-state index contributed by atoms with van der Waals surface area (Å²) in [6, 6.07) is 78.5. The largest absolute Gasteiger partial charge is 0.310 e. The Bertz CT molecular complexity index is 4260. The SMILES string of the molecule is CC1(C)c2cc(-n3c4ccccc4c4ccccc43)ccc2-c2cc3c(cc21)-c1cc(-n2c4ccccc4c4ccccc42)cc2c1C3(C)c1cc3c(cc1N2c1ccccc1)C(C)(C)c1ccccc1-3. The van der Waals surface area contributed by atoms with Gasteiger partial charge in [0.05, 0.1) is 33.4 Å². The summed E-state index contributed by atoms with van der Waals surface area (Å²) in [4.78, 5) is 2.60. The minimum Gasteiger partial charge on any atom is -0.310 e. The van der Waals surface area contributed by atoms with Gasteiger partial charge in [-0.25, -0.2) is 0 Å². The fraction of sp³-hybridized carbons (Fsp3) is 0.118. The topological polar surface area (TPSA) is 13.1 Å². The first-order valence-corrected chi connectivity index (χ1v) is 25.3. The summed E-state index contributed by atoms with van der Waals surface area (Å²) >= 11 is 0. The van der Waals surface area contributed by atoms with Crippen molar-refractivity contribution < 1.29 is 0 Å². The van der Waals surface area contributed by atoms with Crippen LogP contribution in [0.25, 0.3) is 88.4 Å². The second-order valence-corrected chi connectivity index (χ2v) is 21.8. The summed E-state index contributed by atoms with van der Waals surface area (Å²) in [6.07, 6.45) is 0. The first-order valence-electron chi connectivity index (χ1n) is 25.3. The highest BCUT2D eigenvalue weighted by Gasteiger charge is 2.52. The lowest BCUT2D eigenvalue weighted by atomic mass is 9.68. The first-order chi connectivity index (χ1) is 34.6. The number of rotatable bonds is 3. The van der Waals surface area contributed by atoms with E-state index in [0.29, 0.717) is 0 Å². The summed E-state index contributed by atoms with van der Waals surface area (Å²) in [6.45, 7) is 12.3. The van der Waals surface area contributed by atoms with Gasteiger partial charge in [-0.1, -0.05) is 149 Å². The fourth-order valence-electron chi connectivity index (χ4n) is 14.3. The van der Waals surface area contributed by atoms with Crippen molar-refractivity contribution in [1.29, 1.82) is 0 Å². The molecule has 0 spiro atoms. The van der Waals surface area contributed by atoms with E-state index in [1.165, 1.54) is 144 Å². The van der Waals surface area contributed by atoms with Gasteiger partial charge in [0.25, 0.3) is 0 Å². The monoisotopic (exact) mass is 907 g/mol. The Morgan fingerprint density at radius 2 is 0.746 bits per heavy atom. The summed E-state index contributed by atoms with van der Waals surface area (Å²) in [5, 5.41) is 5.10. The number of aromatic nitrogens is 2. The van der Waals surface area contributed by atoms with Crippen LogP contribution in [0, 0.1) is 0 Å². The van der Waals surface area contributed by atoms with E-state index < -0.39 is 5.41 Å². The summed E-state index contributed by atoms with van der Waals surface area (Å²) in [5.74, 6) is 0. The predicted molar refractivity (Wildman–Crippen MR) is 296 cm³/mol. The van der Waals surface area contributed by atoms with Crippen molar-refractivity contribution in [2.24, 2.45) is 0 Å². The van der Waals surface area contributed by atoms with E-state index in [2.05, 4.69) is 255 Å². The van der Waals surface area contributed by atoms with Crippen LogP contribution >= 0.6 is 0 Å². The van der Waals surface area contributed by atoms with E-state index in [-0.39, 0.29) is 10.8 Å². The molecule has 1 atom stereocenters. The minimum absolute atomic E-state index is 0.164. The van der Waals surface area contributed by atoms with Crippen molar-refractivity contribution in [3.8, 4) is 44.8 Å². The van der Waals surface area contributed by atoms with Crippen molar-refractivity contribution >= 4 is 60.7 Å². The Morgan fingerprint density at radius 1 is 0.282 bits per heavy atom. The predicted octanol–water partition coefficient (Wildman–Crippen LogP) is 17.6. The highest BCUT2D eigenvalue weighted by Crippen LogP contribution is 2.66. The Balaban J connectivity index is 0.998. The van der Waals surface area contributed by atoms with Crippen LogP contribution in [0.3, 0.4) is 0 Å². The van der Waals surface area contributed by atoms with Gasteiger partial charge in [0.15, 0.2) is 0 Å². The molecule has 0 fully saturated rings. The molecule has 3 nitrogen and oxygen atoms in total. The van der Waals surface area contributed by atoms with Crippen LogP contribution in [0.15, 0.2) is 206 Å². The molecule has 12 aromatic rings. The number of fused-ring (bicyclic) bond motifs is 17. The smallest absolute Gasteiger partial charge is 0.0541 e. The Labute approximate surface area is 413 Å². The molecule has 1 unspecified atom stereocenters. The van der Waals surface area contributed by atoms with Crippen molar-refractivity contribution in [2.75, 3.05) is 4.90 Å². The van der Waals surface area contributed by atoms with Gasteiger partial charge in [-0.3, -0.25) is 0 Å². The van der Waals surface area contributed by atoms with E-state index in [1.807, 2.05) is 0 Å². The molecule has 2 aromatic heterocycles. The molecule has 10 aromatic carbocycles. The molecule has 0 radical (unpaired) electrons. The summed E-state index contributed by atoms with van der Waals surface area (Å²) in [7, 11) is 0. The Hall–Kier alpha value is -8.40. The second kappa shape index (κ2) is 13.3. The van der Waals surface area contributed by atoms with Gasteiger partial charge >= 0.3 is 0 Å². The van der Waals surface area contributed by atoms with E-state index in [4.69, 9.17) is 0 Å².